The average Bonchev–Trinajstić information content (AvgIpc) is 2.46. The Morgan fingerprint density at radius 1 is 0.947 bits per heavy atom. The second kappa shape index (κ2) is 6.88. The fourth-order valence-corrected chi connectivity index (χ4v) is 2.67. The first-order valence-electron chi connectivity index (χ1n) is 6.71. The van der Waals surface area contributed by atoms with Crippen LogP contribution in [0, 0.1) is 0 Å². The number of halogens is 1. The summed E-state index contributed by atoms with van der Waals surface area (Å²) in [5, 5.41) is 10.6. The molecule has 0 amide bonds. The summed E-state index contributed by atoms with van der Waals surface area (Å²) >= 11 is 3.45. The fraction of sp³-hybridized carbons (Fsp3) is 0.294. The Labute approximate surface area is 123 Å². The highest BCUT2D eigenvalue weighted by Crippen LogP contribution is 2.35. The maximum absolute atomic E-state index is 10.6. The van der Waals surface area contributed by atoms with Gasteiger partial charge in [0.1, 0.15) is 0 Å². The molecule has 0 spiro atoms. The molecule has 0 heterocycles. The van der Waals surface area contributed by atoms with Crippen molar-refractivity contribution in [2.45, 2.75) is 31.8 Å². The maximum Gasteiger partial charge on any atom is 0.0858 e. The molecule has 2 atom stereocenters. The quantitative estimate of drug-likeness (QED) is 0.816. The van der Waals surface area contributed by atoms with E-state index in [1.54, 1.807) is 0 Å². The first-order valence-corrected chi connectivity index (χ1v) is 7.50. The first-order chi connectivity index (χ1) is 9.22. The molecular formula is C17H19BrO. The Hall–Kier alpha value is -1.12. The summed E-state index contributed by atoms with van der Waals surface area (Å²) in [4.78, 5) is 0. The lowest BCUT2D eigenvalue weighted by Gasteiger charge is -2.23. The predicted octanol–water partition coefficient (Wildman–Crippen LogP) is 5.07. The molecule has 0 saturated carbocycles. The highest BCUT2D eigenvalue weighted by molar-refractivity contribution is 9.10. The molecule has 0 fully saturated rings. The van der Waals surface area contributed by atoms with Crippen LogP contribution >= 0.6 is 15.9 Å². The van der Waals surface area contributed by atoms with Crippen LogP contribution in [0.1, 0.15) is 42.9 Å². The smallest absolute Gasteiger partial charge is 0.0858 e. The molecule has 2 aromatic rings. The van der Waals surface area contributed by atoms with Gasteiger partial charge >= 0.3 is 0 Å². The van der Waals surface area contributed by atoms with E-state index in [0.29, 0.717) is 0 Å². The Bertz CT molecular complexity index is 492. The van der Waals surface area contributed by atoms with Gasteiger partial charge in [-0.25, -0.2) is 0 Å². The molecule has 19 heavy (non-hydrogen) atoms. The van der Waals surface area contributed by atoms with Gasteiger partial charge in [-0.3, -0.25) is 0 Å². The van der Waals surface area contributed by atoms with Gasteiger partial charge < -0.3 is 5.11 Å². The molecule has 0 aliphatic carbocycles. The van der Waals surface area contributed by atoms with Crippen molar-refractivity contribution in [1.29, 1.82) is 0 Å². The number of aliphatic hydroxyl groups is 1. The van der Waals surface area contributed by atoms with Gasteiger partial charge in [-0.1, -0.05) is 71.7 Å². The van der Waals surface area contributed by atoms with Gasteiger partial charge in [0, 0.05) is 10.4 Å². The summed E-state index contributed by atoms with van der Waals surface area (Å²) < 4.78 is 1.07. The monoisotopic (exact) mass is 318 g/mol. The topological polar surface area (TPSA) is 20.2 Å². The second-order valence-corrected chi connectivity index (χ2v) is 5.72. The highest BCUT2D eigenvalue weighted by atomic mass is 79.9. The molecule has 0 radical (unpaired) electrons. The lowest BCUT2D eigenvalue weighted by atomic mass is 9.86. The summed E-state index contributed by atoms with van der Waals surface area (Å²) in [6.45, 7) is 2.16. The molecule has 0 aliphatic heterocycles. The van der Waals surface area contributed by atoms with E-state index in [-0.39, 0.29) is 5.92 Å². The van der Waals surface area contributed by atoms with Crippen molar-refractivity contribution in [2.24, 2.45) is 0 Å². The number of aliphatic hydroxyl groups excluding tert-OH is 1. The molecule has 0 saturated heterocycles. The minimum absolute atomic E-state index is 0.153. The van der Waals surface area contributed by atoms with Crippen LogP contribution in [-0.2, 0) is 0 Å². The second-order valence-electron chi connectivity index (χ2n) is 4.80. The van der Waals surface area contributed by atoms with Gasteiger partial charge in [0.15, 0.2) is 0 Å². The highest BCUT2D eigenvalue weighted by Gasteiger charge is 2.21. The zero-order chi connectivity index (χ0) is 13.7. The Morgan fingerprint density at radius 2 is 1.58 bits per heavy atom. The summed E-state index contributed by atoms with van der Waals surface area (Å²) in [5.41, 5.74) is 2.19. The van der Waals surface area contributed by atoms with Gasteiger partial charge in [0.2, 0.25) is 0 Å². The van der Waals surface area contributed by atoms with E-state index in [1.165, 1.54) is 5.56 Å². The first kappa shape index (κ1) is 14.3. The minimum Gasteiger partial charge on any atom is -0.388 e. The van der Waals surface area contributed by atoms with Crippen LogP contribution in [0.15, 0.2) is 59.1 Å². The van der Waals surface area contributed by atoms with Crippen molar-refractivity contribution in [3.05, 3.63) is 70.2 Å². The third-order valence-electron chi connectivity index (χ3n) is 3.42. The number of benzene rings is 2. The maximum atomic E-state index is 10.6. The normalized spacial score (nSPS) is 14.1. The fourth-order valence-electron chi connectivity index (χ4n) is 2.41. The summed E-state index contributed by atoms with van der Waals surface area (Å²) in [6.07, 6.45) is 1.60. The summed E-state index contributed by atoms with van der Waals surface area (Å²) in [7, 11) is 0. The molecule has 1 N–H and O–H groups in total. The van der Waals surface area contributed by atoms with Gasteiger partial charge in [0.25, 0.3) is 0 Å². The van der Waals surface area contributed by atoms with Crippen LogP contribution in [0.3, 0.4) is 0 Å². The molecule has 2 heteroatoms. The molecule has 2 aromatic carbocycles. The molecule has 0 aromatic heterocycles. The largest absolute Gasteiger partial charge is 0.388 e. The van der Waals surface area contributed by atoms with E-state index < -0.39 is 6.10 Å². The van der Waals surface area contributed by atoms with Gasteiger partial charge in [-0.15, -0.1) is 0 Å². The molecular weight excluding hydrogens is 300 g/mol. The van der Waals surface area contributed by atoms with Crippen LogP contribution in [0.5, 0.6) is 0 Å². The van der Waals surface area contributed by atoms with Crippen LogP contribution in [0.4, 0.5) is 0 Å². The Kier molecular flexibility index (Phi) is 5.17. The van der Waals surface area contributed by atoms with E-state index >= 15 is 0 Å². The van der Waals surface area contributed by atoms with Crippen molar-refractivity contribution >= 4 is 15.9 Å². The van der Waals surface area contributed by atoms with Crippen molar-refractivity contribution in [2.75, 3.05) is 0 Å². The van der Waals surface area contributed by atoms with Gasteiger partial charge in [-0.05, 0) is 29.7 Å². The molecule has 1 nitrogen and oxygen atoms in total. The van der Waals surface area contributed by atoms with Crippen LogP contribution in [-0.4, -0.2) is 5.11 Å². The predicted molar refractivity (Wildman–Crippen MR) is 83.2 cm³/mol. The lowest BCUT2D eigenvalue weighted by Crippen LogP contribution is -2.11. The molecule has 0 aliphatic rings. The van der Waals surface area contributed by atoms with Crippen LogP contribution in [0.2, 0.25) is 0 Å². The number of hydrogen-bond acceptors (Lipinski definition) is 1. The molecule has 2 rings (SSSR count). The minimum atomic E-state index is -0.442. The SMILES string of the molecule is CCC[C@H](c1ccc(Br)cc1)[C@H](O)c1ccccc1. The Morgan fingerprint density at radius 3 is 2.16 bits per heavy atom. The zero-order valence-corrected chi connectivity index (χ0v) is 12.7. The standard InChI is InChI=1S/C17H19BrO/c1-2-6-16(13-9-11-15(18)12-10-13)17(19)14-7-4-3-5-8-14/h3-5,7-12,16-17,19H,2,6H2,1H3/t16-,17-/m1/s1. The third-order valence-corrected chi connectivity index (χ3v) is 3.95. The average molecular weight is 319 g/mol. The van der Waals surface area contributed by atoms with Crippen molar-refractivity contribution < 1.29 is 5.11 Å². The van der Waals surface area contributed by atoms with E-state index in [1.807, 2.05) is 42.5 Å². The molecule has 100 valence electrons. The third kappa shape index (κ3) is 3.68. The number of rotatable bonds is 5. The summed E-state index contributed by atoms with van der Waals surface area (Å²) in [6, 6.07) is 18.2. The van der Waals surface area contributed by atoms with Gasteiger partial charge in [-0.2, -0.15) is 0 Å². The van der Waals surface area contributed by atoms with Crippen molar-refractivity contribution in [3.63, 3.8) is 0 Å². The molecule has 0 bridgehead atoms. The zero-order valence-electron chi connectivity index (χ0n) is 11.1. The number of hydrogen-bond donors (Lipinski definition) is 1. The van der Waals surface area contributed by atoms with Crippen LogP contribution < -0.4 is 0 Å². The van der Waals surface area contributed by atoms with Crippen molar-refractivity contribution in [1.82, 2.24) is 0 Å². The Balaban J connectivity index is 2.27. The van der Waals surface area contributed by atoms with E-state index in [4.69, 9.17) is 0 Å². The van der Waals surface area contributed by atoms with E-state index in [9.17, 15) is 5.11 Å². The van der Waals surface area contributed by atoms with Crippen LogP contribution in [0.25, 0.3) is 0 Å². The van der Waals surface area contributed by atoms with Crippen molar-refractivity contribution in [3.8, 4) is 0 Å². The van der Waals surface area contributed by atoms with E-state index in [0.717, 1.165) is 22.9 Å². The van der Waals surface area contributed by atoms with Gasteiger partial charge in [0.05, 0.1) is 6.10 Å². The lowest BCUT2D eigenvalue weighted by molar-refractivity contribution is 0.140. The molecule has 0 unspecified atom stereocenters. The summed E-state index contributed by atoms with van der Waals surface area (Å²) in [5.74, 6) is 0.153. The van der Waals surface area contributed by atoms with E-state index in [2.05, 4.69) is 35.0 Å².